The van der Waals surface area contributed by atoms with E-state index in [1.54, 1.807) is 48.7 Å². The fourth-order valence-electron chi connectivity index (χ4n) is 3.52. The largest absolute Gasteiger partial charge is 0.479 e. The Morgan fingerprint density at radius 1 is 1.16 bits per heavy atom. The van der Waals surface area contributed by atoms with E-state index in [0.717, 1.165) is 10.5 Å². The van der Waals surface area contributed by atoms with Gasteiger partial charge in [-0.25, -0.2) is 4.98 Å². The van der Waals surface area contributed by atoms with Crippen molar-refractivity contribution in [2.45, 2.75) is 13.0 Å². The maximum absolute atomic E-state index is 12.5. The molecule has 3 aromatic rings. The van der Waals surface area contributed by atoms with Gasteiger partial charge in [0.05, 0.1) is 22.5 Å². The molecule has 2 aliphatic heterocycles. The van der Waals surface area contributed by atoms with Crippen molar-refractivity contribution in [3.05, 3.63) is 59.0 Å². The summed E-state index contributed by atoms with van der Waals surface area (Å²) in [6.07, 6.45) is -0.559. The van der Waals surface area contributed by atoms with Crippen LogP contribution in [-0.2, 0) is 9.59 Å². The van der Waals surface area contributed by atoms with E-state index in [2.05, 4.69) is 15.6 Å². The molecule has 5 rings (SSSR count). The Hall–Kier alpha value is -4.05. The van der Waals surface area contributed by atoms with E-state index in [0.29, 0.717) is 33.4 Å². The lowest BCUT2D eigenvalue weighted by molar-refractivity contribution is -0.122. The van der Waals surface area contributed by atoms with Gasteiger partial charge in [0, 0.05) is 10.9 Å². The zero-order valence-corrected chi connectivity index (χ0v) is 17.6. The minimum atomic E-state index is -0.559. The maximum atomic E-state index is 12.5. The number of ether oxygens (including phenoxy) is 1. The summed E-state index contributed by atoms with van der Waals surface area (Å²) < 4.78 is 5.55. The minimum Gasteiger partial charge on any atom is -0.479 e. The molecule has 0 bridgehead atoms. The number of nitrogens with one attached hydrogen (secondary N) is 2. The third-order valence-electron chi connectivity index (χ3n) is 5.14. The summed E-state index contributed by atoms with van der Waals surface area (Å²) in [7, 11) is 0. The van der Waals surface area contributed by atoms with Crippen molar-refractivity contribution in [1.29, 1.82) is 0 Å². The number of amides is 4. The SMILES string of the molecule is CC1Oc2ccc(-c3csc(NC(=O)CN4C(=O)c5ccccc5C4=O)n3)cc2NC1=O. The van der Waals surface area contributed by atoms with E-state index in [1.807, 2.05) is 6.07 Å². The van der Waals surface area contributed by atoms with E-state index in [1.165, 1.54) is 11.3 Å². The molecule has 0 radical (unpaired) electrons. The quantitative estimate of drug-likeness (QED) is 0.593. The van der Waals surface area contributed by atoms with Crippen LogP contribution < -0.4 is 15.4 Å². The number of benzene rings is 2. The van der Waals surface area contributed by atoms with Crippen LogP contribution in [0.5, 0.6) is 5.75 Å². The van der Waals surface area contributed by atoms with E-state index in [9.17, 15) is 19.2 Å². The van der Waals surface area contributed by atoms with Gasteiger partial charge in [-0.1, -0.05) is 12.1 Å². The van der Waals surface area contributed by atoms with Gasteiger partial charge in [-0.05, 0) is 37.3 Å². The zero-order chi connectivity index (χ0) is 22.4. The van der Waals surface area contributed by atoms with E-state index in [-0.39, 0.29) is 5.91 Å². The molecule has 1 atom stereocenters. The van der Waals surface area contributed by atoms with Crippen molar-refractivity contribution in [3.63, 3.8) is 0 Å². The van der Waals surface area contributed by atoms with Crippen LogP contribution in [-0.4, -0.2) is 46.2 Å². The molecular formula is C22H16N4O5S. The number of aromatic nitrogens is 1. The fourth-order valence-corrected chi connectivity index (χ4v) is 4.25. The second-order valence-electron chi connectivity index (χ2n) is 7.29. The Bertz CT molecular complexity index is 1270. The Morgan fingerprint density at radius 2 is 1.88 bits per heavy atom. The lowest BCUT2D eigenvalue weighted by atomic mass is 10.1. The molecule has 0 saturated carbocycles. The summed E-state index contributed by atoms with van der Waals surface area (Å²) in [5.41, 5.74) is 2.47. The Kier molecular flexibility index (Phi) is 4.71. The van der Waals surface area contributed by atoms with Crippen LogP contribution in [0, 0.1) is 0 Å². The number of nitrogens with zero attached hydrogens (tertiary/aromatic N) is 2. The predicted octanol–water partition coefficient (Wildman–Crippen LogP) is 2.76. The van der Waals surface area contributed by atoms with Crippen LogP contribution in [0.15, 0.2) is 47.8 Å². The van der Waals surface area contributed by atoms with E-state index in [4.69, 9.17) is 4.74 Å². The van der Waals surface area contributed by atoms with Crippen LogP contribution in [0.4, 0.5) is 10.8 Å². The number of fused-ring (bicyclic) bond motifs is 2. The highest BCUT2D eigenvalue weighted by molar-refractivity contribution is 7.14. The van der Waals surface area contributed by atoms with Gasteiger partial charge in [-0.3, -0.25) is 24.1 Å². The molecular weight excluding hydrogens is 432 g/mol. The molecule has 10 heteroatoms. The molecule has 1 aromatic heterocycles. The van der Waals surface area contributed by atoms with Crippen molar-refractivity contribution >= 4 is 45.8 Å². The van der Waals surface area contributed by atoms with Crippen molar-refractivity contribution in [2.24, 2.45) is 0 Å². The van der Waals surface area contributed by atoms with Gasteiger partial charge < -0.3 is 15.4 Å². The van der Waals surface area contributed by atoms with E-state index >= 15 is 0 Å². The number of hydrogen-bond donors (Lipinski definition) is 2. The van der Waals surface area contributed by atoms with Crippen LogP contribution in [0.2, 0.25) is 0 Å². The third kappa shape index (κ3) is 3.40. The number of hydrogen-bond acceptors (Lipinski definition) is 7. The van der Waals surface area contributed by atoms with Crippen molar-refractivity contribution in [3.8, 4) is 17.0 Å². The van der Waals surface area contributed by atoms with Gasteiger partial charge in [0.2, 0.25) is 5.91 Å². The number of imide groups is 1. The van der Waals surface area contributed by atoms with Gasteiger partial charge in [0.15, 0.2) is 11.2 Å². The molecule has 0 spiro atoms. The number of carbonyl (C=O) groups excluding carboxylic acids is 4. The Morgan fingerprint density at radius 3 is 2.59 bits per heavy atom. The second-order valence-corrected chi connectivity index (χ2v) is 8.15. The molecule has 0 aliphatic carbocycles. The summed E-state index contributed by atoms with van der Waals surface area (Å²) in [5.74, 6) is -1.17. The van der Waals surface area contributed by atoms with Crippen LogP contribution in [0.3, 0.4) is 0 Å². The highest BCUT2D eigenvalue weighted by Gasteiger charge is 2.36. The molecule has 32 heavy (non-hydrogen) atoms. The van der Waals surface area contributed by atoms with Gasteiger partial charge >= 0.3 is 0 Å². The first kappa shape index (κ1) is 19.9. The van der Waals surface area contributed by atoms with Gasteiger partial charge in [-0.2, -0.15) is 0 Å². The molecule has 0 fully saturated rings. The standard InChI is InChI=1S/C22H16N4O5S/c1-11-19(28)23-15-8-12(6-7-17(15)31-11)16-10-32-22(24-16)25-18(27)9-26-20(29)13-4-2-3-5-14(13)21(26)30/h2-8,10-11H,9H2,1H3,(H,23,28)(H,24,25,27). The highest BCUT2D eigenvalue weighted by atomic mass is 32.1. The normalized spacial score (nSPS) is 16.8. The first-order chi connectivity index (χ1) is 15.4. The van der Waals surface area contributed by atoms with Gasteiger partial charge in [-0.15, -0.1) is 11.3 Å². The van der Waals surface area contributed by atoms with Gasteiger partial charge in [0.25, 0.3) is 17.7 Å². The van der Waals surface area contributed by atoms with Crippen LogP contribution in [0.1, 0.15) is 27.6 Å². The molecule has 1 unspecified atom stereocenters. The molecule has 9 nitrogen and oxygen atoms in total. The number of anilines is 2. The monoisotopic (exact) mass is 448 g/mol. The molecule has 160 valence electrons. The Balaban J connectivity index is 1.28. The third-order valence-corrected chi connectivity index (χ3v) is 5.89. The summed E-state index contributed by atoms with van der Waals surface area (Å²) in [5, 5.41) is 7.50. The molecule has 2 N–H and O–H groups in total. The smallest absolute Gasteiger partial charge is 0.265 e. The molecule has 2 aromatic carbocycles. The summed E-state index contributed by atoms with van der Waals surface area (Å²) >= 11 is 1.21. The van der Waals surface area contributed by atoms with Crippen LogP contribution >= 0.6 is 11.3 Å². The molecule has 2 aliphatic rings. The zero-order valence-electron chi connectivity index (χ0n) is 16.7. The molecule has 0 saturated heterocycles. The Labute approximate surface area is 186 Å². The molecule has 3 heterocycles. The summed E-state index contributed by atoms with van der Waals surface area (Å²) in [4.78, 5) is 54.5. The van der Waals surface area contributed by atoms with E-state index < -0.39 is 30.4 Å². The number of carbonyl (C=O) groups is 4. The first-order valence-electron chi connectivity index (χ1n) is 9.73. The van der Waals surface area contributed by atoms with Crippen molar-refractivity contribution in [2.75, 3.05) is 17.2 Å². The average molecular weight is 448 g/mol. The number of rotatable bonds is 4. The lowest BCUT2D eigenvalue weighted by Gasteiger charge is -2.23. The van der Waals surface area contributed by atoms with Gasteiger partial charge in [0.1, 0.15) is 12.3 Å². The molecule has 4 amide bonds. The average Bonchev–Trinajstić information content (AvgIpc) is 3.33. The summed E-state index contributed by atoms with van der Waals surface area (Å²) in [6.45, 7) is 1.27. The van der Waals surface area contributed by atoms with Crippen molar-refractivity contribution in [1.82, 2.24) is 9.88 Å². The predicted molar refractivity (Wildman–Crippen MR) is 117 cm³/mol. The maximum Gasteiger partial charge on any atom is 0.265 e. The van der Waals surface area contributed by atoms with Crippen molar-refractivity contribution < 1.29 is 23.9 Å². The highest BCUT2D eigenvalue weighted by Crippen LogP contribution is 2.35. The second kappa shape index (κ2) is 7.57. The topological polar surface area (TPSA) is 118 Å². The van der Waals surface area contributed by atoms with Crippen LogP contribution in [0.25, 0.3) is 11.3 Å². The fraction of sp³-hybridized carbons (Fsp3) is 0.136. The summed E-state index contributed by atoms with van der Waals surface area (Å²) in [6, 6.07) is 11.8. The minimum absolute atomic E-state index is 0.228. The first-order valence-corrected chi connectivity index (χ1v) is 10.6. The lowest BCUT2D eigenvalue weighted by Crippen LogP contribution is -2.37. The number of thiazole rings is 1.